The fourth-order valence-electron chi connectivity index (χ4n) is 2.31. The van der Waals surface area contributed by atoms with Gasteiger partial charge in [-0.2, -0.15) is 11.8 Å². The van der Waals surface area contributed by atoms with E-state index in [1.165, 1.54) is 32.4 Å². The highest BCUT2D eigenvalue weighted by molar-refractivity contribution is 7.98. The minimum atomic E-state index is -3.72. The molecule has 0 aliphatic carbocycles. The van der Waals surface area contributed by atoms with Crippen LogP contribution in [-0.2, 0) is 15.8 Å². The summed E-state index contributed by atoms with van der Waals surface area (Å²) >= 11 is 7.54. The van der Waals surface area contributed by atoms with Crippen LogP contribution in [0.4, 0.5) is 0 Å². The maximum Gasteiger partial charge on any atom is 0.254 e. The van der Waals surface area contributed by atoms with Crippen molar-refractivity contribution in [2.45, 2.75) is 10.6 Å². The van der Waals surface area contributed by atoms with Crippen molar-refractivity contribution in [3.8, 4) is 5.75 Å². The Morgan fingerprint density at radius 1 is 1.22 bits per heavy atom. The van der Waals surface area contributed by atoms with Gasteiger partial charge in [-0.05, 0) is 35.9 Å². The summed E-state index contributed by atoms with van der Waals surface area (Å²) in [5.41, 5.74) is 1.25. The molecule has 0 fully saturated rings. The zero-order chi connectivity index (χ0) is 19.9. The van der Waals surface area contributed by atoms with E-state index >= 15 is 0 Å². The maximum absolute atomic E-state index is 12.5. The van der Waals surface area contributed by atoms with E-state index in [0.29, 0.717) is 16.5 Å². The van der Waals surface area contributed by atoms with Crippen LogP contribution in [-0.4, -0.2) is 40.8 Å². The SMILES string of the molecule is CNC(=O)c1cc(S(=O)(=O)NCCSCc2cccc(Cl)c2)ccc1OC. The molecule has 0 unspecified atom stereocenters. The third-order valence-corrected chi connectivity index (χ3v) is 6.37. The van der Waals surface area contributed by atoms with E-state index < -0.39 is 15.9 Å². The van der Waals surface area contributed by atoms with Gasteiger partial charge in [0.15, 0.2) is 0 Å². The van der Waals surface area contributed by atoms with Crippen LogP contribution in [0, 0.1) is 0 Å². The van der Waals surface area contributed by atoms with Gasteiger partial charge in [0.2, 0.25) is 10.0 Å². The van der Waals surface area contributed by atoms with Gasteiger partial charge in [0.1, 0.15) is 5.75 Å². The van der Waals surface area contributed by atoms with E-state index in [-0.39, 0.29) is 17.0 Å². The summed E-state index contributed by atoms with van der Waals surface area (Å²) < 4.78 is 32.6. The van der Waals surface area contributed by atoms with Crippen LogP contribution >= 0.6 is 23.4 Å². The molecular formula is C18H21ClN2O4S2. The molecule has 0 bridgehead atoms. The lowest BCUT2D eigenvalue weighted by atomic mass is 10.2. The van der Waals surface area contributed by atoms with Crippen LogP contribution < -0.4 is 14.8 Å². The molecule has 1 amide bonds. The summed E-state index contributed by atoms with van der Waals surface area (Å²) in [4.78, 5) is 11.9. The number of hydrogen-bond acceptors (Lipinski definition) is 5. The molecule has 2 aromatic rings. The molecule has 0 radical (unpaired) electrons. The maximum atomic E-state index is 12.5. The number of benzene rings is 2. The Kier molecular flexibility index (Phi) is 7.97. The number of hydrogen-bond donors (Lipinski definition) is 2. The van der Waals surface area contributed by atoms with Gasteiger partial charge in [0.05, 0.1) is 17.6 Å². The van der Waals surface area contributed by atoms with Crippen molar-refractivity contribution < 1.29 is 17.9 Å². The van der Waals surface area contributed by atoms with Gasteiger partial charge in [-0.3, -0.25) is 4.79 Å². The number of rotatable bonds is 9. The van der Waals surface area contributed by atoms with Gasteiger partial charge < -0.3 is 10.1 Å². The molecule has 0 spiro atoms. The first-order valence-electron chi connectivity index (χ1n) is 8.09. The average Bonchev–Trinajstić information content (AvgIpc) is 2.66. The molecule has 0 atom stereocenters. The van der Waals surface area contributed by atoms with Gasteiger partial charge in [-0.1, -0.05) is 23.7 Å². The van der Waals surface area contributed by atoms with Crippen molar-refractivity contribution in [1.29, 1.82) is 0 Å². The lowest BCUT2D eigenvalue weighted by Crippen LogP contribution is -2.27. The lowest BCUT2D eigenvalue weighted by Gasteiger charge is -2.11. The topological polar surface area (TPSA) is 84.5 Å². The van der Waals surface area contributed by atoms with Crippen LogP contribution in [0.3, 0.4) is 0 Å². The molecule has 2 rings (SSSR count). The van der Waals surface area contributed by atoms with Gasteiger partial charge >= 0.3 is 0 Å². The fraction of sp³-hybridized carbons (Fsp3) is 0.278. The first kappa shape index (κ1) is 21.6. The minimum Gasteiger partial charge on any atom is -0.496 e. The molecule has 0 aromatic heterocycles. The number of methoxy groups -OCH3 is 1. The first-order valence-corrected chi connectivity index (χ1v) is 11.1. The Bertz CT molecular complexity index is 904. The number of halogens is 1. The normalized spacial score (nSPS) is 11.2. The van der Waals surface area contributed by atoms with E-state index in [4.69, 9.17) is 16.3 Å². The van der Waals surface area contributed by atoms with E-state index in [2.05, 4.69) is 10.0 Å². The van der Waals surface area contributed by atoms with Crippen molar-refractivity contribution >= 4 is 39.3 Å². The second kappa shape index (κ2) is 9.98. The largest absolute Gasteiger partial charge is 0.496 e. The average molecular weight is 429 g/mol. The number of nitrogens with one attached hydrogen (secondary N) is 2. The fourth-order valence-corrected chi connectivity index (χ4v) is 4.52. The van der Waals surface area contributed by atoms with Crippen molar-refractivity contribution in [3.63, 3.8) is 0 Å². The van der Waals surface area contributed by atoms with E-state index in [9.17, 15) is 13.2 Å². The second-order valence-corrected chi connectivity index (χ2v) is 8.83. The van der Waals surface area contributed by atoms with Crippen molar-refractivity contribution in [3.05, 3.63) is 58.6 Å². The predicted octanol–water partition coefficient (Wildman–Crippen LogP) is 2.92. The zero-order valence-corrected chi connectivity index (χ0v) is 17.4. The van der Waals surface area contributed by atoms with E-state index in [0.717, 1.165) is 11.3 Å². The third kappa shape index (κ3) is 6.14. The highest BCUT2D eigenvalue weighted by Crippen LogP contribution is 2.22. The molecule has 0 aliphatic heterocycles. The highest BCUT2D eigenvalue weighted by atomic mass is 35.5. The van der Waals surface area contributed by atoms with Gasteiger partial charge in [-0.15, -0.1) is 0 Å². The number of carbonyl (C=O) groups is 1. The van der Waals surface area contributed by atoms with Gasteiger partial charge in [-0.25, -0.2) is 13.1 Å². The summed E-state index contributed by atoms with van der Waals surface area (Å²) in [5, 5.41) is 3.15. The summed E-state index contributed by atoms with van der Waals surface area (Å²) in [6, 6.07) is 11.7. The summed E-state index contributed by atoms with van der Waals surface area (Å²) in [7, 11) is -0.829. The molecule has 9 heteroatoms. The van der Waals surface area contributed by atoms with E-state index in [1.807, 2.05) is 24.3 Å². The number of ether oxygens (including phenoxy) is 1. The molecule has 0 saturated heterocycles. The molecule has 0 saturated carbocycles. The Hall–Kier alpha value is -1.74. The molecule has 2 N–H and O–H groups in total. The van der Waals surface area contributed by atoms with Gasteiger partial charge in [0.25, 0.3) is 5.91 Å². The van der Waals surface area contributed by atoms with Crippen molar-refractivity contribution in [2.75, 3.05) is 26.5 Å². The number of amides is 1. The molecule has 0 heterocycles. The molecule has 27 heavy (non-hydrogen) atoms. The number of sulfonamides is 1. The first-order chi connectivity index (χ1) is 12.9. The van der Waals surface area contributed by atoms with Crippen LogP contribution in [0.15, 0.2) is 47.4 Å². The standard InChI is InChI=1S/C18H21ClN2O4S2/c1-20-18(22)16-11-15(6-7-17(16)25-2)27(23,24)21-8-9-26-12-13-4-3-5-14(19)10-13/h3-7,10-11,21H,8-9,12H2,1-2H3,(H,20,22). The summed E-state index contributed by atoms with van der Waals surface area (Å²) in [6.45, 7) is 0.273. The smallest absolute Gasteiger partial charge is 0.254 e. The second-order valence-electron chi connectivity index (χ2n) is 5.52. The summed E-state index contributed by atoms with van der Waals surface area (Å²) in [6.07, 6.45) is 0. The quantitative estimate of drug-likeness (QED) is 0.600. The monoisotopic (exact) mass is 428 g/mol. The summed E-state index contributed by atoms with van der Waals surface area (Å²) in [5.74, 6) is 1.24. The Labute approximate surface area is 168 Å². The van der Waals surface area contributed by atoms with Crippen molar-refractivity contribution in [2.24, 2.45) is 0 Å². The molecule has 0 aliphatic rings. The number of thioether (sulfide) groups is 1. The molecule has 2 aromatic carbocycles. The molecule has 146 valence electrons. The Balaban J connectivity index is 1.95. The van der Waals surface area contributed by atoms with Gasteiger partial charge in [0, 0.05) is 30.1 Å². The molecular weight excluding hydrogens is 408 g/mol. The van der Waals surface area contributed by atoms with E-state index in [1.54, 1.807) is 11.8 Å². The zero-order valence-electron chi connectivity index (χ0n) is 15.0. The van der Waals surface area contributed by atoms with Crippen LogP contribution in [0.2, 0.25) is 5.02 Å². The Morgan fingerprint density at radius 2 is 2.00 bits per heavy atom. The highest BCUT2D eigenvalue weighted by Gasteiger charge is 2.19. The third-order valence-electron chi connectivity index (χ3n) is 3.65. The minimum absolute atomic E-state index is 0.0155. The van der Waals surface area contributed by atoms with Crippen LogP contribution in [0.5, 0.6) is 5.75 Å². The van der Waals surface area contributed by atoms with Crippen molar-refractivity contribution in [1.82, 2.24) is 10.0 Å². The van der Waals surface area contributed by atoms with Crippen LogP contribution in [0.1, 0.15) is 15.9 Å². The molecule has 6 nitrogen and oxygen atoms in total. The Morgan fingerprint density at radius 3 is 2.67 bits per heavy atom. The lowest BCUT2D eigenvalue weighted by molar-refractivity contribution is 0.0960. The van der Waals surface area contributed by atoms with Crippen LogP contribution in [0.25, 0.3) is 0 Å². The predicted molar refractivity (Wildman–Crippen MR) is 109 cm³/mol. The number of carbonyl (C=O) groups excluding carboxylic acids is 1.